The Kier molecular flexibility index (Phi) is 52.8. The van der Waals surface area contributed by atoms with Gasteiger partial charge in [0.1, 0.15) is 0 Å². The van der Waals surface area contributed by atoms with Crippen molar-refractivity contribution in [3.8, 4) is 0 Å². The van der Waals surface area contributed by atoms with Crippen molar-refractivity contribution in [3.63, 3.8) is 0 Å². The second-order valence-electron chi connectivity index (χ2n) is 19.0. The smallest absolute Gasteiger partial charge is 0.220 e. The molecule has 0 aliphatic rings. The van der Waals surface area contributed by atoms with E-state index in [0.29, 0.717) is 6.42 Å². The number of carbonyl (C=O) groups excluding carboxylic acids is 1. The predicted octanol–water partition coefficient (Wildman–Crippen LogP) is 18.4. The molecule has 0 saturated heterocycles. The maximum absolute atomic E-state index is 12.5. The quantitative estimate of drug-likeness (QED) is 0.0421. The van der Waals surface area contributed by atoms with Gasteiger partial charge in [-0.05, 0) is 77.0 Å². The molecule has 0 aliphatic heterocycles. The fraction of sp³-hybridized carbons (Fsp3) is 0.814. The molecule has 0 aromatic rings. The Morgan fingerprint density at radius 1 is 0.381 bits per heavy atom. The number of rotatable bonds is 51. The summed E-state index contributed by atoms with van der Waals surface area (Å²) >= 11 is 0. The summed E-state index contributed by atoms with van der Waals surface area (Å²) in [5.74, 6) is -0.0755. The van der Waals surface area contributed by atoms with Gasteiger partial charge in [-0.15, -0.1) is 0 Å². The predicted molar refractivity (Wildman–Crippen MR) is 281 cm³/mol. The number of amides is 1. The van der Waals surface area contributed by atoms with Crippen LogP contribution in [0.5, 0.6) is 0 Å². The summed E-state index contributed by atoms with van der Waals surface area (Å²) < 4.78 is 0. The summed E-state index contributed by atoms with van der Waals surface area (Å²) in [6.45, 7) is 4.30. The molecule has 0 rings (SSSR count). The maximum Gasteiger partial charge on any atom is 0.220 e. The SMILES string of the molecule is CCCCCCC/C=C\C/C=C\CCCCCCCCCCCCCCCCCCCC(=O)NC(CO)C(O)/C=C/CC/C=C/CC/C=C/CCCCCCCCCCCCCC. The van der Waals surface area contributed by atoms with E-state index >= 15 is 0 Å². The topological polar surface area (TPSA) is 69.6 Å². The van der Waals surface area contributed by atoms with Gasteiger partial charge in [0.2, 0.25) is 5.91 Å². The van der Waals surface area contributed by atoms with E-state index in [-0.39, 0.29) is 12.5 Å². The van der Waals surface area contributed by atoms with Gasteiger partial charge in [0, 0.05) is 6.42 Å². The lowest BCUT2D eigenvalue weighted by atomic mass is 10.0. The largest absolute Gasteiger partial charge is 0.394 e. The van der Waals surface area contributed by atoms with Crippen LogP contribution in [0.15, 0.2) is 60.8 Å². The van der Waals surface area contributed by atoms with E-state index < -0.39 is 12.1 Å². The van der Waals surface area contributed by atoms with Gasteiger partial charge in [0.15, 0.2) is 0 Å². The van der Waals surface area contributed by atoms with Crippen molar-refractivity contribution in [2.24, 2.45) is 0 Å². The Morgan fingerprint density at radius 3 is 1.02 bits per heavy atom. The third-order valence-corrected chi connectivity index (χ3v) is 12.7. The Bertz CT molecular complexity index is 1040. The van der Waals surface area contributed by atoms with E-state index in [1.165, 1.54) is 225 Å². The van der Waals surface area contributed by atoms with Crippen LogP contribution in [0.4, 0.5) is 0 Å². The van der Waals surface area contributed by atoms with Crippen molar-refractivity contribution in [2.45, 2.75) is 302 Å². The van der Waals surface area contributed by atoms with E-state index in [1.54, 1.807) is 6.08 Å². The van der Waals surface area contributed by atoms with Crippen molar-refractivity contribution in [3.05, 3.63) is 60.8 Å². The molecule has 2 unspecified atom stereocenters. The maximum atomic E-state index is 12.5. The van der Waals surface area contributed by atoms with Crippen LogP contribution in [0, 0.1) is 0 Å². The van der Waals surface area contributed by atoms with Gasteiger partial charge in [0.25, 0.3) is 0 Å². The van der Waals surface area contributed by atoms with E-state index in [4.69, 9.17) is 0 Å². The highest BCUT2D eigenvalue weighted by Gasteiger charge is 2.18. The Labute approximate surface area is 394 Å². The van der Waals surface area contributed by atoms with Crippen LogP contribution in [0.3, 0.4) is 0 Å². The molecule has 63 heavy (non-hydrogen) atoms. The summed E-state index contributed by atoms with van der Waals surface area (Å²) in [4.78, 5) is 12.5. The summed E-state index contributed by atoms with van der Waals surface area (Å²) in [5.41, 5.74) is 0. The summed E-state index contributed by atoms with van der Waals surface area (Å²) in [6, 6.07) is -0.647. The molecular weight excluding hydrogens is 771 g/mol. The molecule has 0 aromatic carbocycles. The zero-order chi connectivity index (χ0) is 45.6. The van der Waals surface area contributed by atoms with E-state index in [1.807, 2.05) is 6.08 Å². The first kappa shape index (κ1) is 61.1. The number of carbonyl (C=O) groups is 1. The van der Waals surface area contributed by atoms with Crippen LogP contribution >= 0.6 is 0 Å². The first-order valence-corrected chi connectivity index (χ1v) is 28.0. The molecule has 0 bridgehead atoms. The summed E-state index contributed by atoms with van der Waals surface area (Å²) in [5, 5.41) is 23.1. The molecule has 0 saturated carbocycles. The van der Waals surface area contributed by atoms with Crippen molar-refractivity contribution >= 4 is 5.91 Å². The number of aliphatic hydroxyl groups excluding tert-OH is 2. The minimum atomic E-state index is -0.872. The molecule has 2 atom stereocenters. The van der Waals surface area contributed by atoms with Gasteiger partial charge in [-0.2, -0.15) is 0 Å². The zero-order valence-electron chi connectivity index (χ0n) is 42.3. The fourth-order valence-corrected chi connectivity index (χ4v) is 8.42. The minimum absolute atomic E-state index is 0.0755. The molecule has 4 heteroatoms. The molecule has 3 N–H and O–H groups in total. The zero-order valence-corrected chi connectivity index (χ0v) is 42.3. The molecule has 4 nitrogen and oxygen atoms in total. The van der Waals surface area contributed by atoms with Gasteiger partial charge >= 0.3 is 0 Å². The lowest BCUT2D eigenvalue weighted by Crippen LogP contribution is -2.45. The van der Waals surface area contributed by atoms with Crippen LogP contribution < -0.4 is 5.32 Å². The second-order valence-corrected chi connectivity index (χ2v) is 19.0. The van der Waals surface area contributed by atoms with Gasteiger partial charge in [-0.25, -0.2) is 0 Å². The molecule has 368 valence electrons. The highest BCUT2D eigenvalue weighted by Crippen LogP contribution is 2.16. The fourth-order valence-electron chi connectivity index (χ4n) is 8.42. The van der Waals surface area contributed by atoms with Crippen LogP contribution in [-0.4, -0.2) is 34.9 Å². The van der Waals surface area contributed by atoms with Crippen molar-refractivity contribution in [2.75, 3.05) is 6.61 Å². The third kappa shape index (κ3) is 50.9. The molecule has 0 spiro atoms. The number of hydrogen-bond acceptors (Lipinski definition) is 3. The van der Waals surface area contributed by atoms with Crippen molar-refractivity contribution in [1.82, 2.24) is 5.32 Å². The van der Waals surface area contributed by atoms with E-state index in [9.17, 15) is 15.0 Å². The van der Waals surface area contributed by atoms with Crippen molar-refractivity contribution < 1.29 is 15.0 Å². The lowest BCUT2D eigenvalue weighted by molar-refractivity contribution is -0.123. The molecule has 0 fully saturated rings. The van der Waals surface area contributed by atoms with Crippen LogP contribution in [0.25, 0.3) is 0 Å². The number of allylic oxidation sites excluding steroid dienone is 9. The number of aliphatic hydroxyl groups is 2. The van der Waals surface area contributed by atoms with Crippen molar-refractivity contribution in [1.29, 1.82) is 0 Å². The molecule has 0 aromatic heterocycles. The van der Waals surface area contributed by atoms with Gasteiger partial charge in [0.05, 0.1) is 18.8 Å². The summed E-state index contributed by atoms with van der Waals surface area (Å²) in [6.07, 6.45) is 76.7. The Balaban J connectivity index is 3.54. The number of unbranched alkanes of at least 4 members (excludes halogenated alkanes) is 36. The van der Waals surface area contributed by atoms with E-state index in [0.717, 1.165) is 44.9 Å². The lowest BCUT2D eigenvalue weighted by Gasteiger charge is -2.19. The highest BCUT2D eigenvalue weighted by molar-refractivity contribution is 5.76. The standard InChI is InChI=1S/C59H109NO3/c1-3-5-7-9-11-13-15-17-19-21-23-25-27-28-29-30-31-32-33-35-37-39-41-43-45-47-49-51-53-55-59(63)60-57(56-61)58(62)54-52-50-48-46-44-42-40-38-36-34-26-24-22-20-18-16-14-12-10-8-6-4-2/h15,17,21,23,36,38,44,46,52,54,57-58,61-62H,3-14,16,18-20,22,24-35,37,39-43,45,47-51,53,55-56H2,1-2H3,(H,60,63)/b17-15-,23-21-,38-36+,46-44+,54-52+. The molecule has 0 aliphatic carbocycles. The molecule has 1 amide bonds. The Hall–Kier alpha value is -1.91. The normalized spacial score (nSPS) is 13.3. The van der Waals surface area contributed by atoms with Gasteiger partial charge in [-0.3, -0.25) is 4.79 Å². The minimum Gasteiger partial charge on any atom is -0.394 e. The Morgan fingerprint density at radius 2 is 0.667 bits per heavy atom. The second kappa shape index (κ2) is 54.4. The van der Waals surface area contributed by atoms with Crippen LogP contribution in [0.1, 0.15) is 290 Å². The first-order chi connectivity index (χ1) is 31.2. The highest BCUT2D eigenvalue weighted by atomic mass is 16.3. The number of nitrogens with one attached hydrogen (secondary N) is 1. The average molecular weight is 881 g/mol. The molecule has 0 heterocycles. The summed E-state index contributed by atoms with van der Waals surface area (Å²) in [7, 11) is 0. The third-order valence-electron chi connectivity index (χ3n) is 12.7. The van der Waals surface area contributed by atoms with Gasteiger partial charge in [-0.1, -0.05) is 267 Å². The molecular formula is C59H109NO3. The van der Waals surface area contributed by atoms with E-state index in [2.05, 4.69) is 67.8 Å². The first-order valence-electron chi connectivity index (χ1n) is 28.0. The monoisotopic (exact) mass is 880 g/mol. The van der Waals surface area contributed by atoms with Gasteiger partial charge < -0.3 is 15.5 Å². The molecule has 0 radical (unpaired) electrons. The van der Waals surface area contributed by atoms with Crippen LogP contribution in [0.2, 0.25) is 0 Å². The number of hydrogen-bond donors (Lipinski definition) is 3. The average Bonchev–Trinajstić information content (AvgIpc) is 3.29. The van der Waals surface area contributed by atoms with Crippen LogP contribution in [-0.2, 0) is 4.79 Å².